The first-order valence-electron chi connectivity index (χ1n) is 3.46. The van der Waals surface area contributed by atoms with Crippen molar-refractivity contribution in [2.45, 2.75) is 0 Å². The molecule has 0 fully saturated rings. The van der Waals surface area contributed by atoms with E-state index in [1.807, 2.05) is 0 Å². The maximum atomic E-state index is 13.1. The number of halogens is 2. The van der Waals surface area contributed by atoms with Crippen LogP contribution >= 0.6 is 0 Å². The third-order valence-electron chi connectivity index (χ3n) is 1.57. The van der Waals surface area contributed by atoms with Gasteiger partial charge in [0.2, 0.25) is 0 Å². The van der Waals surface area contributed by atoms with E-state index in [-0.39, 0.29) is 0 Å². The summed E-state index contributed by atoms with van der Waals surface area (Å²) in [4.78, 5) is 21.0. The molecule has 6 heteroatoms. The molecule has 1 aromatic carbocycles. The van der Waals surface area contributed by atoms with Crippen LogP contribution in [0.5, 0.6) is 0 Å². The van der Waals surface area contributed by atoms with Crippen LogP contribution in [0, 0.1) is 11.6 Å². The van der Waals surface area contributed by atoms with Crippen LogP contribution in [0.25, 0.3) is 0 Å². The molecule has 1 rings (SSSR count). The Hall–Kier alpha value is -1.98. The number of primary amides is 1. The molecule has 0 aliphatic carbocycles. The van der Waals surface area contributed by atoms with Gasteiger partial charge in [0.25, 0.3) is 5.91 Å². The predicted molar refractivity (Wildman–Crippen MR) is 41.8 cm³/mol. The zero-order chi connectivity index (χ0) is 10.9. The van der Waals surface area contributed by atoms with Crippen molar-refractivity contribution in [2.75, 3.05) is 0 Å². The number of aromatic carboxylic acids is 1. The van der Waals surface area contributed by atoms with Gasteiger partial charge in [-0.15, -0.1) is 0 Å². The number of carboxylic acids is 1. The van der Waals surface area contributed by atoms with Crippen LogP contribution in [0.1, 0.15) is 20.7 Å². The summed E-state index contributed by atoms with van der Waals surface area (Å²) in [5.74, 6) is -5.57. The number of carbonyl (C=O) groups excluding carboxylic acids is 1. The molecular formula is C8H5F2NO3. The van der Waals surface area contributed by atoms with Gasteiger partial charge in [-0.25, -0.2) is 13.6 Å². The number of nitrogens with two attached hydrogens (primary N) is 1. The molecule has 74 valence electrons. The van der Waals surface area contributed by atoms with Crippen molar-refractivity contribution in [3.63, 3.8) is 0 Å². The lowest BCUT2D eigenvalue weighted by molar-refractivity contribution is 0.0691. The molecule has 0 aliphatic heterocycles. The van der Waals surface area contributed by atoms with E-state index < -0.39 is 34.6 Å². The van der Waals surface area contributed by atoms with E-state index in [2.05, 4.69) is 5.73 Å². The molecule has 1 amide bonds. The first-order valence-corrected chi connectivity index (χ1v) is 3.46. The molecular weight excluding hydrogens is 196 g/mol. The van der Waals surface area contributed by atoms with E-state index in [4.69, 9.17) is 5.11 Å². The Labute approximate surface area is 76.9 Å². The highest BCUT2D eigenvalue weighted by Crippen LogP contribution is 2.16. The van der Waals surface area contributed by atoms with Gasteiger partial charge in [0, 0.05) is 0 Å². The molecule has 0 spiro atoms. The van der Waals surface area contributed by atoms with Crippen LogP contribution in [0.3, 0.4) is 0 Å². The van der Waals surface area contributed by atoms with Gasteiger partial charge in [-0.2, -0.15) is 0 Å². The smallest absolute Gasteiger partial charge is 0.338 e. The van der Waals surface area contributed by atoms with Gasteiger partial charge < -0.3 is 10.8 Å². The quantitative estimate of drug-likeness (QED) is 0.741. The number of carboxylic acid groups (broad SMARTS) is 1. The largest absolute Gasteiger partial charge is 0.478 e. The molecule has 3 N–H and O–H groups in total. The van der Waals surface area contributed by atoms with E-state index in [0.717, 1.165) is 6.07 Å². The lowest BCUT2D eigenvalue weighted by Crippen LogP contribution is -2.17. The topological polar surface area (TPSA) is 80.4 Å². The number of carbonyl (C=O) groups is 2. The minimum atomic E-state index is -1.59. The Morgan fingerprint density at radius 3 is 2.29 bits per heavy atom. The Bertz CT molecular complexity index is 417. The summed E-state index contributed by atoms with van der Waals surface area (Å²) >= 11 is 0. The Morgan fingerprint density at radius 1 is 1.29 bits per heavy atom. The number of amides is 1. The normalized spacial score (nSPS) is 9.86. The number of rotatable bonds is 2. The van der Waals surface area contributed by atoms with Crippen molar-refractivity contribution in [2.24, 2.45) is 5.73 Å². The van der Waals surface area contributed by atoms with E-state index in [0.29, 0.717) is 6.07 Å². The summed E-state index contributed by atoms with van der Waals surface area (Å²) in [7, 11) is 0. The van der Waals surface area contributed by atoms with Gasteiger partial charge in [0.05, 0.1) is 5.56 Å². The summed E-state index contributed by atoms with van der Waals surface area (Å²) in [6, 6.07) is 1.39. The van der Waals surface area contributed by atoms with Crippen LogP contribution in [0.4, 0.5) is 8.78 Å². The summed E-state index contributed by atoms with van der Waals surface area (Å²) < 4.78 is 25.9. The summed E-state index contributed by atoms with van der Waals surface area (Å²) in [5.41, 5.74) is 2.84. The van der Waals surface area contributed by atoms with Gasteiger partial charge >= 0.3 is 5.97 Å². The third kappa shape index (κ3) is 1.54. The third-order valence-corrected chi connectivity index (χ3v) is 1.57. The van der Waals surface area contributed by atoms with E-state index in [9.17, 15) is 18.4 Å². The molecule has 0 saturated heterocycles. The molecule has 0 heterocycles. The zero-order valence-electron chi connectivity index (χ0n) is 6.75. The fourth-order valence-electron chi connectivity index (χ4n) is 0.944. The van der Waals surface area contributed by atoms with Gasteiger partial charge in [-0.3, -0.25) is 4.79 Å². The molecule has 0 aromatic heterocycles. The number of hydrogen-bond donors (Lipinski definition) is 2. The molecule has 0 atom stereocenters. The summed E-state index contributed by atoms with van der Waals surface area (Å²) in [5, 5.41) is 8.45. The van der Waals surface area contributed by atoms with Crippen LogP contribution in [0.2, 0.25) is 0 Å². The average molecular weight is 201 g/mol. The fourth-order valence-corrected chi connectivity index (χ4v) is 0.944. The molecule has 1 aromatic rings. The highest BCUT2D eigenvalue weighted by atomic mass is 19.1. The lowest BCUT2D eigenvalue weighted by Gasteiger charge is -2.02. The number of benzene rings is 1. The van der Waals surface area contributed by atoms with Crippen molar-refractivity contribution in [1.82, 2.24) is 0 Å². The highest BCUT2D eigenvalue weighted by molar-refractivity contribution is 5.97. The molecule has 0 aliphatic rings. The molecule has 4 nitrogen and oxygen atoms in total. The Balaban J connectivity index is 3.49. The Morgan fingerprint density at radius 2 is 1.86 bits per heavy atom. The van der Waals surface area contributed by atoms with Gasteiger partial charge in [0.1, 0.15) is 11.4 Å². The maximum absolute atomic E-state index is 13.1. The van der Waals surface area contributed by atoms with Crippen LogP contribution in [0.15, 0.2) is 12.1 Å². The minimum absolute atomic E-state index is 0.673. The standard InChI is InChI=1S/C8H5F2NO3/c9-4-2-1-3(8(13)14)6(10)5(4)7(11)12/h1-2H,(H2,11,12)(H,13,14). The molecule has 14 heavy (non-hydrogen) atoms. The van der Waals surface area contributed by atoms with Crippen molar-refractivity contribution in [3.05, 3.63) is 34.9 Å². The fraction of sp³-hybridized carbons (Fsp3) is 0. The van der Waals surface area contributed by atoms with Crippen molar-refractivity contribution in [3.8, 4) is 0 Å². The van der Waals surface area contributed by atoms with E-state index in [1.165, 1.54) is 0 Å². The Kier molecular flexibility index (Phi) is 2.46. The first kappa shape index (κ1) is 10.1. The van der Waals surface area contributed by atoms with Crippen LogP contribution < -0.4 is 5.73 Å². The zero-order valence-corrected chi connectivity index (χ0v) is 6.75. The second-order valence-corrected chi connectivity index (χ2v) is 2.45. The SMILES string of the molecule is NC(=O)c1c(F)ccc(C(=O)O)c1F. The van der Waals surface area contributed by atoms with E-state index >= 15 is 0 Å². The summed E-state index contributed by atoms with van der Waals surface area (Å²) in [6.45, 7) is 0. The van der Waals surface area contributed by atoms with Crippen LogP contribution in [-0.2, 0) is 0 Å². The molecule has 0 radical (unpaired) electrons. The highest BCUT2D eigenvalue weighted by Gasteiger charge is 2.21. The predicted octanol–water partition coefficient (Wildman–Crippen LogP) is 0.762. The molecule has 0 unspecified atom stereocenters. The van der Waals surface area contributed by atoms with Crippen molar-refractivity contribution < 1.29 is 23.5 Å². The monoisotopic (exact) mass is 201 g/mol. The maximum Gasteiger partial charge on any atom is 0.338 e. The van der Waals surface area contributed by atoms with Crippen molar-refractivity contribution in [1.29, 1.82) is 0 Å². The number of hydrogen-bond acceptors (Lipinski definition) is 2. The van der Waals surface area contributed by atoms with Gasteiger partial charge in [-0.05, 0) is 12.1 Å². The second-order valence-electron chi connectivity index (χ2n) is 2.45. The minimum Gasteiger partial charge on any atom is -0.478 e. The second kappa shape index (κ2) is 3.41. The molecule has 0 saturated carbocycles. The van der Waals surface area contributed by atoms with Gasteiger partial charge in [-0.1, -0.05) is 0 Å². The van der Waals surface area contributed by atoms with Crippen LogP contribution in [-0.4, -0.2) is 17.0 Å². The van der Waals surface area contributed by atoms with Crippen molar-refractivity contribution >= 4 is 11.9 Å². The van der Waals surface area contributed by atoms with Gasteiger partial charge in [0.15, 0.2) is 5.82 Å². The molecule has 0 bridgehead atoms. The summed E-state index contributed by atoms with van der Waals surface area (Å²) in [6.07, 6.45) is 0. The lowest BCUT2D eigenvalue weighted by atomic mass is 10.1. The van der Waals surface area contributed by atoms with E-state index in [1.54, 1.807) is 0 Å². The first-order chi connectivity index (χ1) is 6.45. The average Bonchev–Trinajstić information content (AvgIpc) is 2.02.